The average Bonchev–Trinajstić information content (AvgIpc) is 2.69. The number of aryl methyl sites for hydroxylation is 1. The van der Waals surface area contributed by atoms with Gasteiger partial charge in [-0.15, -0.1) is 0 Å². The minimum Gasteiger partial charge on any atom is -0.497 e. The van der Waals surface area contributed by atoms with Crippen molar-refractivity contribution in [1.82, 2.24) is 10.2 Å². The average molecular weight is 368 g/mol. The van der Waals surface area contributed by atoms with Crippen molar-refractivity contribution in [3.05, 3.63) is 65.7 Å². The maximum Gasteiger partial charge on any atom is 0.239 e. The fraction of sp³-hybridized carbons (Fsp3) is 0.364. The summed E-state index contributed by atoms with van der Waals surface area (Å²) in [6.07, 6.45) is 2.48. The molecule has 2 amide bonds. The third kappa shape index (κ3) is 7.52. The van der Waals surface area contributed by atoms with Crippen LogP contribution in [0.5, 0.6) is 5.75 Å². The van der Waals surface area contributed by atoms with E-state index in [1.807, 2.05) is 42.5 Å². The van der Waals surface area contributed by atoms with E-state index in [0.717, 1.165) is 24.2 Å². The third-order valence-electron chi connectivity index (χ3n) is 4.39. The highest BCUT2D eigenvalue weighted by atomic mass is 16.5. The molecule has 0 heterocycles. The second kappa shape index (κ2) is 11.0. The first-order valence-corrected chi connectivity index (χ1v) is 9.27. The van der Waals surface area contributed by atoms with Gasteiger partial charge in [0.25, 0.3) is 0 Å². The molecule has 0 saturated heterocycles. The van der Waals surface area contributed by atoms with Crippen LogP contribution in [0.1, 0.15) is 24.5 Å². The zero-order valence-corrected chi connectivity index (χ0v) is 16.1. The van der Waals surface area contributed by atoms with Gasteiger partial charge in [0.05, 0.1) is 13.7 Å². The molecular weight excluding hydrogens is 340 g/mol. The van der Waals surface area contributed by atoms with Crippen molar-refractivity contribution in [2.75, 3.05) is 26.7 Å². The molecule has 0 bridgehead atoms. The molecule has 0 radical (unpaired) electrons. The van der Waals surface area contributed by atoms with Crippen LogP contribution in [0.25, 0.3) is 0 Å². The van der Waals surface area contributed by atoms with E-state index in [1.54, 1.807) is 12.0 Å². The van der Waals surface area contributed by atoms with E-state index < -0.39 is 0 Å². The lowest BCUT2D eigenvalue weighted by Gasteiger charge is -2.20. The van der Waals surface area contributed by atoms with Gasteiger partial charge in [0.15, 0.2) is 0 Å². The Hall–Kier alpha value is -2.82. The highest BCUT2D eigenvalue weighted by molar-refractivity contribution is 5.83. The van der Waals surface area contributed by atoms with Crippen LogP contribution in [0.15, 0.2) is 54.6 Å². The molecule has 2 rings (SSSR count). The first-order chi connectivity index (χ1) is 13.1. The largest absolute Gasteiger partial charge is 0.497 e. The van der Waals surface area contributed by atoms with Gasteiger partial charge in [-0.25, -0.2) is 0 Å². The van der Waals surface area contributed by atoms with Crippen molar-refractivity contribution in [3.8, 4) is 5.75 Å². The topological polar surface area (TPSA) is 58.6 Å². The molecule has 5 nitrogen and oxygen atoms in total. The summed E-state index contributed by atoms with van der Waals surface area (Å²) in [5.41, 5.74) is 2.33. The van der Waals surface area contributed by atoms with Gasteiger partial charge in [0, 0.05) is 20.0 Å². The molecule has 0 fully saturated rings. The van der Waals surface area contributed by atoms with Gasteiger partial charge in [-0.2, -0.15) is 0 Å². The van der Waals surface area contributed by atoms with E-state index in [2.05, 4.69) is 17.4 Å². The SMILES string of the molecule is COc1cccc(CCN(CC(=O)NCCCc2ccccc2)C(C)=O)c1. The Bertz CT molecular complexity index is 731. The summed E-state index contributed by atoms with van der Waals surface area (Å²) < 4.78 is 5.22. The van der Waals surface area contributed by atoms with Crippen molar-refractivity contribution < 1.29 is 14.3 Å². The fourth-order valence-corrected chi connectivity index (χ4v) is 2.83. The Morgan fingerprint density at radius 3 is 2.44 bits per heavy atom. The molecule has 0 spiro atoms. The van der Waals surface area contributed by atoms with Crippen LogP contribution in [-0.2, 0) is 22.4 Å². The summed E-state index contributed by atoms with van der Waals surface area (Å²) in [5, 5.41) is 2.90. The molecule has 0 aromatic heterocycles. The molecule has 144 valence electrons. The number of carbonyl (C=O) groups excluding carboxylic acids is 2. The number of amides is 2. The Labute approximate surface area is 161 Å². The maximum absolute atomic E-state index is 12.2. The van der Waals surface area contributed by atoms with Crippen LogP contribution < -0.4 is 10.1 Å². The zero-order valence-electron chi connectivity index (χ0n) is 16.1. The molecule has 0 aliphatic heterocycles. The molecule has 5 heteroatoms. The van der Waals surface area contributed by atoms with Gasteiger partial charge in [0.2, 0.25) is 11.8 Å². The summed E-state index contributed by atoms with van der Waals surface area (Å²) in [6.45, 7) is 2.69. The number of rotatable bonds is 10. The summed E-state index contributed by atoms with van der Waals surface area (Å²) in [7, 11) is 1.63. The number of benzene rings is 2. The van der Waals surface area contributed by atoms with Gasteiger partial charge < -0.3 is 15.0 Å². The summed E-state index contributed by atoms with van der Waals surface area (Å²) in [5.74, 6) is 0.569. The predicted octanol–water partition coefficient (Wildman–Crippen LogP) is 2.84. The summed E-state index contributed by atoms with van der Waals surface area (Å²) in [4.78, 5) is 25.6. The Morgan fingerprint density at radius 1 is 1.00 bits per heavy atom. The van der Waals surface area contributed by atoms with Crippen molar-refractivity contribution in [2.24, 2.45) is 0 Å². The Balaban J connectivity index is 1.73. The minimum absolute atomic E-state index is 0.0879. The lowest BCUT2D eigenvalue weighted by Crippen LogP contribution is -2.41. The molecule has 0 unspecified atom stereocenters. The smallest absolute Gasteiger partial charge is 0.239 e. The third-order valence-corrected chi connectivity index (χ3v) is 4.39. The van der Waals surface area contributed by atoms with Crippen LogP contribution in [0.4, 0.5) is 0 Å². The van der Waals surface area contributed by atoms with Crippen molar-refractivity contribution >= 4 is 11.8 Å². The standard InChI is InChI=1S/C22H28N2O3/c1-18(25)24(15-13-20-10-6-12-21(16-20)27-2)17-22(26)23-14-7-11-19-8-4-3-5-9-19/h3-6,8-10,12,16H,7,11,13-15,17H2,1-2H3,(H,23,26). The van der Waals surface area contributed by atoms with E-state index in [1.165, 1.54) is 12.5 Å². The monoisotopic (exact) mass is 368 g/mol. The lowest BCUT2D eigenvalue weighted by molar-refractivity contribution is -0.134. The number of nitrogens with zero attached hydrogens (tertiary/aromatic N) is 1. The number of hydrogen-bond donors (Lipinski definition) is 1. The number of ether oxygens (including phenoxy) is 1. The van der Waals surface area contributed by atoms with Crippen molar-refractivity contribution in [3.63, 3.8) is 0 Å². The summed E-state index contributed by atoms with van der Waals surface area (Å²) >= 11 is 0. The van der Waals surface area contributed by atoms with Gasteiger partial charge in [-0.3, -0.25) is 9.59 Å². The predicted molar refractivity (Wildman–Crippen MR) is 107 cm³/mol. The van der Waals surface area contributed by atoms with E-state index >= 15 is 0 Å². The minimum atomic E-state index is -0.121. The van der Waals surface area contributed by atoms with Crippen LogP contribution in [-0.4, -0.2) is 43.5 Å². The number of carbonyl (C=O) groups is 2. The van der Waals surface area contributed by atoms with Crippen molar-refractivity contribution in [1.29, 1.82) is 0 Å². The van der Waals surface area contributed by atoms with Crippen molar-refractivity contribution in [2.45, 2.75) is 26.2 Å². The second-order valence-electron chi connectivity index (χ2n) is 6.48. The normalized spacial score (nSPS) is 10.3. The Kier molecular flexibility index (Phi) is 8.36. The molecule has 2 aromatic carbocycles. The molecule has 0 atom stereocenters. The number of methoxy groups -OCH3 is 1. The van der Waals surface area contributed by atoms with E-state index in [-0.39, 0.29) is 18.4 Å². The first kappa shape index (κ1) is 20.5. The molecule has 27 heavy (non-hydrogen) atoms. The Morgan fingerprint density at radius 2 is 1.74 bits per heavy atom. The maximum atomic E-state index is 12.2. The highest BCUT2D eigenvalue weighted by Crippen LogP contribution is 2.13. The molecule has 2 aromatic rings. The van der Waals surface area contributed by atoms with Gasteiger partial charge >= 0.3 is 0 Å². The lowest BCUT2D eigenvalue weighted by atomic mass is 10.1. The highest BCUT2D eigenvalue weighted by Gasteiger charge is 2.13. The van der Waals surface area contributed by atoms with Crippen LogP contribution in [0, 0.1) is 0 Å². The molecule has 0 saturated carbocycles. The first-order valence-electron chi connectivity index (χ1n) is 9.27. The summed E-state index contributed by atoms with van der Waals surface area (Å²) in [6, 6.07) is 17.9. The van der Waals surface area contributed by atoms with E-state index in [9.17, 15) is 9.59 Å². The van der Waals surface area contributed by atoms with Crippen LogP contribution >= 0.6 is 0 Å². The molecule has 0 aliphatic carbocycles. The zero-order chi connectivity index (χ0) is 19.5. The van der Waals surface area contributed by atoms with E-state index in [4.69, 9.17) is 4.74 Å². The number of hydrogen-bond acceptors (Lipinski definition) is 3. The number of nitrogens with one attached hydrogen (secondary N) is 1. The van der Waals surface area contributed by atoms with Gasteiger partial charge in [0.1, 0.15) is 5.75 Å². The molecule has 0 aliphatic rings. The van der Waals surface area contributed by atoms with Gasteiger partial charge in [-0.1, -0.05) is 42.5 Å². The molecular formula is C22H28N2O3. The fourth-order valence-electron chi connectivity index (χ4n) is 2.83. The van der Waals surface area contributed by atoms with Crippen LogP contribution in [0.3, 0.4) is 0 Å². The van der Waals surface area contributed by atoms with E-state index in [0.29, 0.717) is 19.5 Å². The quantitative estimate of drug-likeness (QED) is 0.656. The molecule has 1 N–H and O–H groups in total. The van der Waals surface area contributed by atoms with Crippen LogP contribution in [0.2, 0.25) is 0 Å². The second-order valence-corrected chi connectivity index (χ2v) is 6.48. The van der Waals surface area contributed by atoms with Gasteiger partial charge in [-0.05, 0) is 42.5 Å².